The number of carbonyl (C=O) groups is 1. The van der Waals surface area contributed by atoms with E-state index >= 15 is 0 Å². The molecule has 0 aliphatic carbocycles. The molecule has 8 nitrogen and oxygen atoms in total. The Morgan fingerprint density at radius 3 is 2.39 bits per heavy atom. The molecule has 0 spiro atoms. The van der Waals surface area contributed by atoms with E-state index in [0.29, 0.717) is 56.6 Å². The molecule has 0 saturated carbocycles. The van der Waals surface area contributed by atoms with Gasteiger partial charge in [0.15, 0.2) is 0 Å². The van der Waals surface area contributed by atoms with E-state index < -0.39 is 15.9 Å². The van der Waals surface area contributed by atoms with E-state index in [2.05, 4.69) is 10.2 Å². The summed E-state index contributed by atoms with van der Waals surface area (Å²) in [5.74, 6) is 0.693. The molecule has 1 fully saturated rings. The first kappa shape index (κ1) is 23.1. The maximum absolute atomic E-state index is 13.0. The van der Waals surface area contributed by atoms with Gasteiger partial charge in [0.05, 0.1) is 23.8 Å². The number of ether oxygens (including phenoxy) is 2. The molecule has 0 aromatic heterocycles. The Bertz CT molecular complexity index is 1020. The van der Waals surface area contributed by atoms with Crippen molar-refractivity contribution >= 4 is 21.6 Å². The molecular weight excluding hydrogens is 418 g/mol. The summed E-state index contributed by atoms with van der Waals surface area (Å²) in [6, 6.07) is 11.3. The molecule has 1 saturated heterocycles. The first-order chi connectivity index (χ1) is 14.8. The summed E-state index contributed by atoms with van der Waals surface area (Å²) in [5, 5.41) is 2.82. The lowest BCUT2D eigenvalue weighted by Crippen LogP contribution is -2.47. The molecule has 1 N–H and O–H groups in total. The molecule has 168 valence electrons. The summed E-state index contributed by atoms with van der Waals surface area (Å²) < 4.78 is 38.6. The summed E-state index contributed by atoms with van der Waals surface area (Å²) >= 11 is 0. The first-order valence-corrected chi connectivity index (χ1v) is 11.8. The molecule has 2 aromatic rings. The topological polar surface area (TPSA) is 88.2 Å². The van der Waals surface area contributed by atoms with Gasteiger partial charge in [-0.05, 0) is 51.2 Å². The van der Waals surface area contributed by atoms with Crippen LogP contribution < -0.4 is 14.8 Å². The van der Waals surface area contributed by atoms with Crippen molar-refractivity contribution < 1.29 is 22.7 Å². The standard InChI is InChI=1S/C22H29N3O5S/c1-4-29-18-9-10-21(30-5-2)20(16-18)23-22(26)17-7-6-8-19(15-17)31(27,28)25-13-11-24(3)12-14-25/h6-10,15-16H,4-5,11-14H2,1-3H3,(H,23,26). The van der Waals surface area contributed by atoms with Crippen molar-refractivity contribution in [2.24, 2.45) is 0 Å². The van der Waals surface area contributed by atoms with Crippen LogP contribution >= 0.6 is 0 Å². The molecule has 2 aromatic carbocycles. The number of hydrogen-bond donors (Lipinski definition) is 1. The lowest BCUT2D eigenvalue weighted by atomic mass is 10.2. The Balaban J connectivity index is 1.83. The van der Waals surface area contributed by atoms with E-state index in [0.717, 1.165) is 0 Å². The number of benzene rings is 2. The lowest BCUT2D eigenvalue weighted by Gasteiger charge is -2.31. The van der Waals surface area contributed by atoms with Gasteiger partial charge >= 0.3 is 0 Å². The fourth-order valence-corrected chi connectivity index (χ4v) is 4.78. The van der Waals surface area contributed by atoms with Gasteiger partial charge in [-0.3, -0.25) is 4.79 Å². The van der Waals surface area contributed by atoms with Crippen molar-refractivity contribution in [2.45, 2.75) is 18.7 Å². The number of piperazine rings is 1. The van der Waals surface area contributed by atoms with Crippen molar-refractivity contribution in [1.29, 1.82) is 0 Å². The Hall–Kier alpha value is -2.62. The largest absolute Gasteiger partial charge is 0.494 e. The second-order valence-electron chi connectivity index (χ2n) is 7.21. The zero-order valence-electron chi connectivity index (χ0n) is 18.1. The highest BCUT2D eigenvalue weighted by Crippen LogP contribution is 2.30. The highest BCUT2D eigenvalue weighted by molar-refractivity contribution is 7.89. The molecule has 0 bridgehead atoms. The van der Waals surface area contributed by atoms with Crippen LogP contribution in [0.5, 0.6) is 11.5 Å². The second kappa shape index (κ2) is 10.1. The highest BCUT2D eigenvalue weighted by atomic mass is 32.2. The summed E-state index contributed by atoms with van der Waals surface area (Å²) in [6.45, 7) is 6.87. The van der Waals surface area contributed by atoms with Crippen LogP contribution in [0.3, 0.4) is 0 Å². The molecule has 1 aliphatic rings. The van der Waals surface area contributed by atoms with Crippen molar-refractivity contribution in [3.63, 3.8) is 0 Å². The van der Waals surface area contributed by atoms with Gasteiger partial charge < -0.3 is 19.7 Å². The van der Waals surface area contributed by atoms with Crippen LogP contribution in [0.4, 0.5) is 5.69 Å². The minimum absolute atomic E-state index is 0.109. The van der Waals surface area contributed by atoms with E-state index in [4.69, 9.17) is 9.47 Å². The predicted octanol–water partition coefficient (Wildman–Crippen LogP) is 2.67. The van der Waals surface area contributed by atoms with Crippen LogP contribution in [0, 0.1) is 0 Å². The molecule has 0 radical (unpaired) electrons. The third kappa shape index (κ3) is 5.55. The fraction of sp³-hybridized carbons (Fsp3) is 0.409. The molecular formula is C22H29N3O5S. The number of nitrogens with one attached hydrogen (secondary N) is 1. The molecule has 31 heavy (non-hydrogen) atoms. The van der Waals surface area contributed by atoms with Crippen LogP contribution in [0.2, 0.25) is 0 Å². The summed E-state index contributed by atoms with van der Waals surface area (Å²) in [6.07, 6.45) is 0. The smallest absolute Gasteiger partial charge is 0.255 e. The quantitative estimate of drug-likeness (QED) is 0.669. The molecule has 1 heterocycles. The van der Waals surface area contributed by atoms with E-state index in [-0.39, 0.29) is 10.5 Å². The molecule has 9 heteroatoms. The molecule has 0 atom stereocenters. The van der Waals surface area contributed by atoms with Crippen LogP contribution in [0.1, 0.15) is 24.2 Å². The second-order valence-corrected chi connectivity index (χ2v) is 9.15. The number of sulfonamides is 1. The van der Waals surface area contributed by atoms with E-state index in [9.17, 15) is 13.2 Å². The van der Waals surface area contributed by atoms with Crippen LogP contribution in [-0.4, -0.2) is 70.0 Å². The van der Waals surface area contributed by atoms with Gasteiger partial charge in [0.1, 0.15) is 11.5 Å². The Labute approximate surface area is 183 Å². The van der Waals surface area contributed by atoms with Crippen LogP contribution in [-0.2, 0) is 10.0 Å². The van der Waals surface area contributed by atoms with E-state index in [1.165, 1.54) is 16.4 Å². The number of likely N-dealkylation sites (N-methyl/N-ethyl adjacent to an activating group) is 1. The lowest BCUT2D eigenvalue weighted by molar-refractivity contribution is 0.102. The maximum atomic E-state index is 13.0. The van der Waals surface area contributed by atoms with Gasteiger partial charge in [0, 0.05) is 37.8 Å². The Morgan fingerprint density at radius 1 is 1.00 bits per heavy atom. The van der Waals surface area contributed by atoms with Crippen molar-refractivity contribution in [3.8, 4) is 11.5 Å². The number of carbonyl (C=O) groups excluding carboxylic acids is 1. The minimum atomic E-state index is -3.66. The number of amides is 1. The molecule has 1 amide bonds. The minimum Gasteiger partial charge on any atom is -0.494 e. The summed E-state index contributed by atoms with van der Waals surface area (Å²) in [7, 11) is -1.70. The van der Waals surface area contributed by atoms with Crippen molar-refractivity contribution in [3.05, 3.63) is 48.0 Å². The van der Waals surface area contributed by atoms with Crippen LogP contribution in [0.15, 0.2) is 47.4 Å². The van der Waals surface area contributed by atoms with Crippen LogP contribution in [0.25, 0.3) is 0 Å². The molecule has 0 unspecified atom stereocenters. The average molecular weight is 448 g/mol. The van der Waals surface area contributed by atoms with Gasteiger partial charge in [-0.25, -0.2) is 8.42 Å². The Kier molecular flexibility index (Phi) is 7.53. The predicted molar refractivity (Wildman–Crippen MR) is 119 cm³/mol. The average Bonchev–Trinajstić information content (AvgIpc) is 2.76. The first-order valence-electron chi connectivity index (χ1n) is 10.3. The fourth-order valence-electron chi connectivity index (χ4n) is 3.31. The Morgan fingerprint density at radius 2 is 1.71 bits per heavy atom. The van der Waals surface area contributed by atoms with Gasteiger partial charge in [-0.1, -0.05) is 6.07 Å². The zero-order valence-corrected chi connectivity index (χ0v) is 18.9. The summed E-state index contributed by atoms with van der Waals surface area (Å²) in [5.41, 5.74) is 0.713. The van der Waals surface area contributed by atoms with Gasteiger partial charge in [0.2, 0.25) is 10.0 Å². The molecule has 1 aliphatic heterocycles. The van der Waals surface area contributed by atoms with E-state index in [1.54, 1.807) is 30.3 Å². The normalized spacial score (nSPS) is 15.5. The SMILES string of the molecule is CCOc1ccc(OCC)c(NC(=O)c2cccc(S(=O)(=O)N3CCN(C)CC3)c2)c1. The number of nitrogens with zero attached hydrogens (tertiary/aromatic N) is 2. The third-order valence-corrected chi connectivity index (χ3v) is 6.90. The number of rotatable bonds is 8. The maximum Gasteiger partial charge on any atom is 0.255 e. The number of anilines is 1. The summed E-state index contributed by atoms with van der Waals surface area (Å²) in [4.78, 5) is 15.1. The zero-order chi connectivity index (χ0) is 22.4. The van der Waals surface area contributed by atoms with Gasteiger partial charge in [-0.15, -0.1) is 0 Å². The van der Waals surface area contributed by atoms with E-state index in [1.807, 2.05) is 20.9 Å². The van der Waals surface area contributed by atoms with Gasteiger partial charge in [0.25, 0.3) is 5.91 Å². The third-order valence-electron chi connectivity index (χ3n) is 5.01. The number of hydrogen-bond acceptors (Lipinski definition) is 6. The highest BCUT2D eigenvalue weighted by Gasteiger charge is 2.28. The molecule has 3 rings (SSSR count). The monoisotopic (exact) mass is 447 g/mol. The van der Waals surface area contributed by atoms with Crippen molar-refractivity contribution in [1.82, 2.24) is 9.21 Å². The van der Waals surface area contributed by atoms with Gasteiger partial charge in [-0.2, -0.15) is 4.31 Å². The van der Waals surface area contributed by atoms with Crippen molar-refractivity contribution in [2.75, 3.05) is 51.8 Å².